The maximum Gasteiger partial charge on any atom is 0.330 e. The predicted octanol–water partition coefficient (Wildman–Crippen LogP) is 3.10. The highest BCUT2D eigenvalue weighted by Crippen LogP contribution is 2.14. The molecular formula is C24H30N4O6. The second-order valence-corrected chi connectivity index (χ2v) is 7.71. The fourth-order valence-corrected chi connectivity index (χ4v) is 3.26. The van der Waals surface area contributed by atoms with Crippen molar-refractivity contribution in [2.45, 2.75) is 51.1 Å². The van der Waals surface area contributed by atoms with Gasteiger partial charge in [0.15, 0.2) is 6.04 Å². The van der Waals surface area contributed by atoms with Gasteiger partial charge in [-0.25, -0.2) is 15.1 Å². The molecule has 0 unspecified atom stereocenters. The van der Waals surface area contributed by atoms with Gasteiger partial charge in [0.25, 0.3) is 0 Å². The predicted molar refractivity (Wildman–Crippen MR) is 125 cm³/mol. The summed E-state index contributed by atoms with van der Waals surface area (Å²) >= 11 is 0. The van der Waals surface area contributed by atoms with Crippen LogP contribution in [-0.2, 0) is 20.9 Å². The first-order chi connectivity index (χ1) is 16.4. The highest BCUT2D eigenvalue weighted by atomic mass is 16.5. The van der Waals surface area contributed by atoms with Crippen molar-refractivity contribution in [3.05, 3.63) is 65.7 Å². The maximum atomic E-state index is 12.2. The Morgan fingerprint density at radius 2 is 1.50 bits per heavy atom. The van der Waals surface area contributed by atoms with Crippen LogP contribution in [0, 0.1) is 0 Å². The number of hydrogen-bond donors (Lipinski definition) is 6. The first kappa shape index (κ1) is 26.3. The van der Waals surface area contributed by atoms with Crippen LogP contribution in [0.25, 0.3) is 0 Å². The third kappa shape index (κ3) is 9.70. The average molecular weight is 471 g/mol. The van der Waals surface area contributed by atoms with Gasteiger partial charge in [0.2, 0.25) is 11.8 Å². The van der Waals surface area contributed by atoms with Crippen molar-refractivity contribution >= 4 is 29.5 Å². The van der Waals surface area contributed by atoms with E-state index in [1.165, 1.54) is 0 Å². The Balaban J connectivity index is 1.75. The van der Waals surface area contributed by atoms with E-state index in [9.17, 15) is 24.3 Å². The molecule has 0 saturated carbocycles. The van der Waals surface area contributed by atoms with Crippen LogP contribution < -0.4 is 21.4 Å². The van der Waals surface area contributed by atoms with Crippen molar-refractivity contribution < 1.29 is 29.5 Å². The molecule has 0 radical (unpaired) electrons. The molecule has 2 rings (SSSR count). The Labute approximate surface area is 197 Å². The van der Waals surface area contributed by atoms with E-state index < -0.39 is 23.9 Å². The van der Waals surface area contributed by atoms with Gasteiger partial charge in [0.05, 0.1) is 0 Å². The minimum absolute atomic E-state index is 0.136. The van der Waals surface area contributed by atoms with E-state index >= 15 is 0 Å². The van der Waals surface area contributed by atoms with Crippen molar-refractivity contribution in [3.63, 3.8) is 0 Å². The first-order valence-electron chi connectivity index (χ1n) is 11.0. The summed E-state index contributed by atoms with van der Waals surface area (Å²) < 4.78 is 0. The first-order valence-corrected chi connectivity index (χ1v) is 11.0. The third-order valence-corrected chi connectivity index (χ3v) is 5.00. The fraction of sp³-hybridized carbons (Fsp3) is 0.333. The van der Waals surface area contributed by atoms with Crippen LogP contribution in [0.5, 0.6) is 0 Å². The monoisotopic (exact) mass is 470 g/mol. The normalized spacial score (nSPS) is 11.2. The molecule has 0 aliphatic heterocycles. The van der Waals surface area contributed by atoms with Crippen molar-refractivity contribution in [2.75, 3.05) is 5.32 Å². The summed E-state index contributed by atoms with van der Waals surface area (Å²) in [5, 5.41) is 25.7. The van der Waals surface area contributed by atoms with Gasteiger partial charge in [0, 0.05) is 25.1 Å². The number of amides is 4. The molecule has 6 N–H and O–H groups in total. The highest BCUT2D eigenvalue weighted by molar-refractivity contribution is 5.90. The zero-order valence-electron chi connectivity index (χ0n) is 18.8. The van der Waals surface area contributed by atoms with E-state index in [2.05, 4.69) is 16.0 Å². The van der Waals surface area contributed by atoms with Crippen LogP contribution in [0.15, 0.2) is 54.6 Å². The second kappa shape index (κ2) is 14.3. The molecule has 10 nitrogen and oxygen atoms in total. The summed E-state index contributed by atoms with van der Waals surface area (Å²) in [7, 11) is 0. The zero-order valence-corrected chi connectivity index (χ0v) is 18.8. The van der Waals surface area contributed by atoms with E-state index in [1.54, 1.807) is 60.1 Å². The van der Waals surface area contributed by atoms with Gasteiger partial charge in [-0.1, -0.05) is 55.3 Å². The minimum Gasteiger partial charge on any atom is -0.479 e. The van der Waals surface area contributed by atoms with Crippen LogP contribution in [0.4, 0.5) is 10.5 Å². The zero-order chi connectivity index (χ0) is 24.8. The van der Waals surface area contributed by atoms with Crippen molar-refractivity contribution in [2.24, 2.45) is 0 Å². The Morgan fingerprint density at radius 3 is 2.15 bits per heavy atom. The van der Waals surface area contributed by atoms with Gasteiger partial charge >= 0.3 is 12.0 Å². The molecule has 1 atom stereocenters. The van der Waals surface area contributed by atoms with E-state index in [-0.39, 0.29) is 18.9 Å². The number of rotatable bonds is 13. The van der Waals surface area contributed by atoms with Gasteiger partial charge in [0.1, 0.15) is 0 Å². The standard InChI is InChI=1S/C24H30N4O6/c29-20(13-6-1-2-7-14-21(30)28-34)26-19-12-8-9-17(15-19)16-25-24(33)27-22(23(31)32)18-10-4-3-5-11-18/h3-5,8-12,15,22,34H,1-2,6-7,13-14,16H2,(H,26,29)(H,28,30)(H,31,32)(H2,25,27,33)/t22-/m0/s1. The largest absolute Gasteiger partial charge is 0.479 e. The Hall–Kier alpha value is -3.92. The average Bonchev–Trinajstić information content (AvgIpc) is 2.83. The summed E-state index contributed by atoms with van der Waals surface area (Å²) in [5.41, 5.74) is 3.38. The third-order valence-electron chi connectivity index (χ3n) is 5.00. The van der Waals surface area contributed by atoms with Crippen molar-refractivity contribution in [1.82, 2.24) is 16.1 Å². The summed E-state index contributed by atoms with van der Waals surface area (Å²) in [5.74, 6) is -1.72. The number of anilines is 1. The van der Waals surface area contributed by atoms with Crippen LogP contribution in [0.1, 0.15) is 55.7 Å². The Morgan fingerprint density at radius 1 is 0.824 bits per heavy atom. The van der Waals surface area contributed by atoms with E-state index in [0.29, 0.717) is 30.5 Å². The Kier molecular flexibility index (Phi) is 11.1. The molecule has 2 aromatic carbocycles. The van der Waals surface area contributed by atoms with Crippen LogP contribution in [-0.4, -0.2) is 34.1 Å². The molecule has 0 bridgehead atoms. The van der Waals surface area contributed by atoms with Crippen LogP contribution >= 0.6 is 0 Å². The quantitative estimate of drug-likeness (QED) is 0.150. The number of unbranched alkanes of at least 4 members (excludes halogenated alkanes) is 3. The minimum atomic E-state index is -1.17. The van der Waals surface area contributed by atoms with Crippen molar-refractivity contribution in [3.8, 4) is 0 Å². The molecule has 4 amide bonds. The smallest absolute Gasteiger partial charge is 0.330 e. The van der Waals surface area contributed by atoms with Gasteiger partial charge < -0.3 is 21.1 Å². The van der Waals surface area contributed by atoms with Crippen LogP contribution in [0.2, 0.25) is 0 Å². The topological polar surface area (TPSA) is 157 Å². The molecule has 0 saturated heterocycles. The van der Waals surface area contributed by atoms with E-state index in [1.807, 2.05) is 0 Å². The number of nitrogens with one attached hydrogen (secondary N) is 4. The molecule has 0 spiro atoms. The highest BCUT2D eigenvalue weighted by Gasteiger charge is 2.21. The summed E-state index contributed by atoms with van der Waals surface area (Å²) in [6.45, 7) is 0.151. The number of carbonyl (C=O) groups excluding carboxylic acids is 3. The molecule has 0 fully saturated rings. The van der Waals surface area contributed by atoms with Gasteiger partial charge in [-0.05, 0) is 36.1 Å². The second-order valence-electron chi connectivity index (χ2n) is 7.71. The van der Waals surface area contributed by atoms with Gasteiger partial charge in [-0.15, -0.1) is 0 Å². The van der Waals surface area contributed by atoms with Crippen molar-refractivity contribution in [1.29, 1.82) is 0 Å². The van der Waals surface area contributed by atoms with Crippen LogP contribution in [0.3, 0.4) is 0 Å². The Bertz CT molecular complexity index is 967. The molecule has 2 aromatic rings. The number of hydroxylamine groups is 1. The number of benzene rings is 2. The van der Waals surface area contributed by atoms with E-state index in [0.717, 1.165) is 18.4 Å². The molecule has 0 aliphatic carbocycles. The molecular weight excluding hydrogens is 440 g/mol. The number of aliphatic carboxylic acids is 1. The molecule has 0 aliphatic rings. The number of carboxylic acid groups (broad SMARTS) is 1. The molecule has 0 aromatic heterocycles. The lowest BCUT2D eigenvalue weighted by molar-refractivity contribution is -0.139. The lowest BCUT2D eigenvalue weighted by atomic mass is 10.1. The van der Waals surface area contributed by atoms with Gasteiger partial charge in [-0.2, -0.15) is 0 Å². The van der Waals surface area contributed by atoms with E-state index in [4.69, 9.17) is 5.21 Å². The molecule has 34 heavy (non-hydrogen) atoms. The lowest BCUT2D eigenvalue weighted by Gasteiger charge is -2.15. The summed E-state index contributed by atoms with van der Waals surface area (Å²) in [6.07, 6.45) is 3.51. The molecule has 0 heterocycles. The summed E-state index contributed by atoms with van der Waals surface area (Å²) in [4.78, 5) is 46.8. The molecule has 182 valence electrons. The number of urea groups is 1. The number of hydrogen-bond acceptors (Lipinski definition) is 5. The number of carboxylic acids is 1. The number of carbonyl (C=O) groups is 4. The molecule has 10 heteroatoms. The lowest BCUT2D eigenvalue weighted by Crippen LogP contribution is -2.40. The SMILES string of the molecule is O=C(CCCCCCC(=O)Nc1cccc(CNC(=O)N[C@H](C(=O)O)c2ccccc2)c1)NO. The summed E-state index contributed by atoms with van der Waals surface area (Å²) in [6, 6.07) is 13.6. The maximum absolute atomic E-state index is 12.2. The fourth-order valence-electron chi connectivity index (χ4n) is 3.26. The van der Waals surface area contributed by atoms with Gasteiger partial charge in [-0.3, -0.25) is 14.8 Å².